The Kier molecular flexibility index (Phi) is 6.03. The van der Waals surface area contributed by atoms with E-state index in [1.54, 1.807) is 12.1 Å². The third-order valence-corrected chi connectivity index (χ3v) is 7.42. The number of carbonyl (C=O) groups is 2. The van der Waals surface area contributed by atoms with Gasteiger partial charge in [0.05, 0.1) is 6.26 Å². The summed E-state index contributed by atoms with van der Waals surface area (Å²) in [5.41, 5.74) is 2.62. The Labute approximate surface area is 194 Å². The first-order valence-electron chi connectivity index (χ1n) is 11.9. The summed E-state index contributed by atoms with van der Waals surface area (Å²) in [6.45, 7) is 2.03. The number of hydrogen-bond acceptors (Lipinski definition) is 3. The molecule has 1 atom stereocenters. The second-order valence-corrected chi connectivity index (χ2v) is 9.34. The van der Waals surface area contributed by atoms with Crippen LogP contribution in [0.3, 0.4) is 0 Å². The molecule has 1 aromatic heterocycles. The lowest BCUT2D eigenvalue weighted by Gasteiger charge is -2.32. The van der Waals surface area contributed by atoms with Crippen LogP contribution in [-0.2, 0) is 4.79 Å². The normalized spacial score (nSPS) is 18.9. The minimum atomic E-state index is -0.0515. The van der Waals surface area contributed by atoms with E-state index in [2.05, 4.69) is 53.8 Å². The number of benzene rings is 2. The molecule has 2 aromatic carbocycles. The fourth-order valence-electron chi connectivity index (χ4n) is 5.34. The van der Waals surface area contributed by atoms with Gasteiger partial charge in [0.25, 0.3) is 5.91 Å². The topological polar surface area (TPSA) is 62.6 Å². The first kappa shape index (κ1) is 21.5. The Balaban J connectivity index is 1.13. The second-order valence-electron chi connectivity index (χ2n) is 9.34. The summed E-state index contributed by atoms with van der Waals surface area (Å²) >= 11 is 0. The summed E-state index contributed by atoms with van der Waals surface area (Å²) in [4.78, 5) is 27.3. The molecule has 2 fully saturated rings. The highest BCUT2D eigenvalue weighted by Crippen LogP contribution is 2.59. The number of nitrogens with zero attached hydrogens (tertiary/aromatic N) is 1. The molecule has 1 saturated carbocycles. The number of piperidine rings is 1. The van der Waals surface area contributed by atoms with Gasteiger partial charge < -0.3 is 14.6 Å². The van der Waals surface area contributed by atoms with Gasteiger partial charge in [0.2, 0.25) is 5.91 Å². The largest absolute Gasteiger partial charge is 0.459 e. The van der Waals surface area contributed by atoms with Crippen LogP contribution >= 0.6 is 0 Å². The van der Waals surface area contributed by atoms with Gasteiger partial charge in [-0.2, -0.15) is 0 Å². The zero-order valence-electron chi connectivity index (χ0n) is 18.8. The Bertz CT molecular complexity index is 1030. The van der Waals surface area contributed by atoms with Gasteiger partial charge >= 0.3 is 0 Å². The average Bonchev–Trinajstić information content (AvgIpc) is 3.28. The maximum atomic E-state index is 12.9. The van der Waals surface area contributed by atoms with E-state index in [9.17, 15) is 9.59 Å². The standard InChI is InChI=1S/C28H30N2O3/c31-26(24-20-28(24)14-17-30(18-15-28)27(32)25-12-7-19-33-25)29-16-13-23(21-8-3-1-4-9-21)22-10-5-2-6-11-22/h1-12,19,23-24H,13-18,20H2,(H,29,31). The van der Waals surface area contributed by atoms with Gasteiger partial charge in [-0.05, 0) is 54.4 Å². The maximum absolute atomic E-state index is 12.9. The summed E-state index contributed by atoms with van der Waals surface area (Å²) in [7, 11) is 0. The van der Waals surface area contributed by atoms with Crippen molar-refractivity contribution in [1.29, 1.82) is 0 Å². The first-order valence-corrected chi connectivity index (χ1v) is 11.9. The number of furan rings is 1. The highest BCUT2D eigenvalue weighted by atomic mass is 16.3. The molecule has 5 heteroatoms. The molecule has 2 heterocycles. The summed E-state index contributed by atoms with van der Waals surface area (Å²) in [5, 5.41) is 3.21. The van der Waals surface area contributed by atoms with Crippen LogP contribution in [0.25, 0.3) is 0 Å². The molecule has 1 N–H and O–H groups in total. The van der Waals surface area contributed by atoms with Crippen molar-refractivity contribution in [3.63, 3.8) is 0 Å². The predicted molar refractivity (Wildman–Crippen MR) is 127 cm³/mol. The lowest BCUT2D eigenvalue weighted by atomic mass is 9.88. The van der Waals surface area contributed by atoms with Crippen molar-refractivity contribution in [3.8, 4) is 0 Å². The molecule has 33 heavy (non-hydrogen) atoms. The van der Waals surface area contributed by atoms with Crippen LogP contribution in [0.15, 0.2) is 83.5 Å². The SMILES string of the molecule is O=C(NCCC(c1ccccc1)c1ccccc1)C1CC12CCN(C(=O)c1ccco1)CC2. The minimum absolute atomic E-state index is 0.0515. The molecule has 3 aromatic rings. The van der Waals surface area contributed by atoms with Gasteiger partial charge in [0.1, 0.15) is 0 Å². The highest BCUT2D eigenvalue weighted by molar-refractivity contribution is 5.91. The van der Waals surface area contributed by atoms with E-state index in [-0.39, 0.29) is 29.1 Å². The van der Waals surface area contributed by atoms with Gasteiger partial charge in [0.15, 0.2) is 5.76 Å². The minimum Gasteiger partial charge on any atom is -0.459 e. The van der Waals surface area contributed by atoms with E-state index in [1.165, 1.54) is 17.4 Å². The molecule has 0 radical (unpaired) electrons. The fraction of sp³-hybridized carbons (Fsp3) is 0.357. The number of hydrogen-bond donors (Lipinski definition) is 1. The van der Waals surface area contributed by atoms with Crippen LogP contribution in [0.5, 0.6) is 0 Å². The van der Waals surface area contributed by atoms with Gasteiger partial charge in [0, 0.05) is 31.5 Å². The second kappa shape index (κ2) is 9.26. The van der Waals surface area contributed by atoms with Crippen LogP contribution in [0.2, 0.25) is 0 Å². The lowest BCUT2D eigenvalue weighted by Crippen LogP contribution is -2.40. The fourth-order valence-corrected chi connectivity index (χ4v) is 5.34. The third-order valence-electron chi connectivity index (χ3n) is 7.42. The van der Waals surface area contributed by atoms with Crippen molar-refractivity contribution in [3.05, 3.63) is 95.9 Å². The van der Waals surface area contributed by atoms with E-state index < -0.39 is 0 Å². The summed E-state index contributed by atoms with van der Waals surface area (Å²) in [6, 6.07) is 24.4. The molecule has 170 valence electrons. The molecule has 2 aliphatic rings. The van der Waals surface area contributed by atoms with E-state index in [0.29, 0.717) is 25.4 Å². The van der Waals surface area contributed by atoms with E-state index in [0.717, 1.165) is 25.7 Å². The Hall–Kier alpha value is -3.34. The van der Waals surface area contributed by atoms with Gasteiger partial charge in [-0.25, -0.2) is 0 Å². The van der Waals surface area contributed by atoms with Gasteiger partial charge in [-0.15, -0.1) is 0 Å². The molecule has 1 spiro atoms. The Morgan fingerprint density at radius 2 is 1.58 bits per heavy atom. The molecule has 1 aliphatic carbocycles. The number of likely N-dealkylation sites (tertiary alicyclic amines) is 1. The molecule has 1 saturated heterocycles. The summed E-state index contributed by atoms with van der Waals surface area (Å²) in [5.74, 6) is 0.842. The van der Waals surface area contributed by atoms with Crippen LogP contribution in [0.1, 0.15) is 53.3 Å². The van der Waals surface area contributed by atoms with Crippen molar-refractivity contribution in [1.82, 2.24) is 10.2 Å². The smallest absolute Gasteiger partial charge is 0.289 e. The predicted octanol–water partition coefficient (Wildman–Crippen LogP) is 4.86. The Morgan fingerprint density at radius 1 is 0.939 bits per heavy atom. The summed E-state index contributed by atoms with van der Waals surface area (Å²) < 4.78 is 5.25. The van der Waals surface area contributed by atoms with Crippen molar-refractivity contribution in [2.75, 3.05) is 19.6 Å². The Morgan fingerprint density at radius 3 is 2.15 bits per heavy atom. The number of carbonyl (C=O) groups excluding carboxylic acids is 2. The zero-order valence-corrected chi connectivity index (χ0v) is 18.8. The molecular weight excluding hydrogens is 412 g/mol. The molecule has 1 aliphatic heterocycles. The third kappa shape index (κ3) is 4.58. The molecule has 5 rings (SSSR count). The average molecular weight is 443 g/mol. The quantitative estimate of drug-likeness (QED) is 0.568. The zero-order chi connectivity index (χ0) is 22.7. The summed E-state index contributed by atoms with van der Waals surface area (Å²) in [6.07, 6.45) is 5.09. The van der Waals surface area contributed by atoms with E-state index in [1.807, 2.05) is 17.0 Å². The van der Waals surface area contributed by atoms with Crippen LogP contribution in [0, 0.1) is 11.3 Å². The highest BCUT2D eigenvalue weighted by Gasteiger charge is 2.58. The van der Waals surface area contributed by atoms with Crippen LogP contribution in [0.4, 0.5) is 0 Å². The van der Waals surface area contributed by atoms with E-state index in [4.69, 9.17) is 4.42 Å². The van der Waals surface area contributed by atoms with Crippen molar-refractivity contribution >= 4 is 11.8 Å². The van der Waals surface area contributed by atoms with E-state index >= 15 is 0 Å². The van der Waals surface area contributed by atoms with Crippen molar-refractivity contribution < 1.29 is 14.0 Å². The molecule has 0 bridgehead atoms. The van der Waals surface area contributed by atoms with Gasteiger partial charge in [-0.3, -0.25) is 9.59 Å². The number of nitrogens with one attached hydrogen (secondary N) is 1. The monoisotopic (exact) mass is 442 g/mol. The first-order chi connectivity index (χ1) is 16.2. The number of amides is 2. The molecule has 5 nitrogen and oxygen atoms in total. The van der Waals surface area contributed by atoms with Gasteiger partial charge in [-0.1, -0.05) is 60.7 Å². The molecular formula is C28H30N2O3. The molecule has 2 amide bonds. The number of rotatable bonds is 7. The maximum Gasteiger partial charge on any atom is 0.289 e. The van der Waals surface area contributed by atoms with Crippen molar-refractivity contribution in [2.24, 2.45) is 11.3 Å². The van der Waals surface area contributed by atoms with Crippen LogP contribution in [-0.4, -0.2) is 36.3 Å². The lowest BCUT2D eigenvalue weighted by molar-refractivity contribution is -0.123. The van der Waals surface area contributed by atoms with Crippen molar-refractivity contribution in [2.45, 2.75) is 31.6 Å². The van der Waals surface area contributed by atoms with Crippen LogP contribution < -0.4 is 5.32 Å². The molecule has 1 unspecified atom stereocenters.